The van der Waals surface area contributed by atoms with E-state index < -0.39 is 18.2 Å². The molecule has 1 heterocycles. The predicted octanol–water partition coefficient (Wildman–Crippen LogP) is 3.71. The number of nitrogens with one attached hydrogen (secondary N) is 2. The molecule has 0 saturated heterocycles. The zero-order valence-corrected chi connectivity index (χ0v) is 15.9. The number of rotatable bonds is 8. The largest absolute Gasteiger partial charge is 0.460 e. The highest BCUT2D eigenvalue weighted by Crippen LogP contribution is 2.20. The lowest BCUT2D eigenvalue weighted by atomic mass is 10.1. The summed E-state index contributed by atoms with van der Waals surface area (Å²) < 4.78 is 30.5. The summed E-state index contributed by atoms with van der Waals surface area (Å²) in [4.78, 5) is 30.2. The Morgan fingerprint density at radius 3 is 2.66 bits per heavy atom. The number of esters is 1. The van der Waals surface area contributed by atoms with Crippen molar-refractivity contribution in [3.8, 4) is 0 Å². The molecule has 8 heteroatoms. The van der Waals surface area contributed by atoms with Crippen LogP contribution >= 0.6 is 0 Å². The molecule has 1 aromatic heterocycles. The molecule has 29 heavy (non-hydrogen) atoms. The highest BCUT2D eigenvalue weighted by Gasteiger charge is 2.15. The van der Waals surface area contributed by atoms with Crippen LogP contribution in [0.2, 0.25) is 0 Å². The summed E-state index contributed by atoms with van der Waals surface area (Å²) in [6.07, 6.45) is -1.73. The van der Waals surface area contributed by atoms with Gasteiger partial charge < -0.3 is 15.0 Å². The number of carbonyl (C=O) groups is 2. The van der Waals surface area contributed by atoms with Gasteiger partial charge in [0.15, 0.2) is 5.82 Å². The molecule has 0 fully saturated rings. The Kier molecular flexibility index (Phi) is 6.54. The number of nitrogens with zero attached hydrogens (tertiary/aromatic N) is 1. The fourth-order valence-corrected chi connectivity index (χ4v) is 2.78. The third-order valence-corrected chi connectivity index (χ3v) is 4.36. The molecule has 6 nitrogen and oxygen atoms in total. The van der Waals surface area contributed by atoms with Gasteiger partial charge in [-0.2, -0.15) is 0 Å². The summed E-state index contributed by atoms with van der Waals surface area (Å²) >= 11 is 0. The maximum absolute atomic E-state index is 12.7. The number of ether oxygens (including phenoxy) is 1. The van der Waals surface area contributed by atoms with Crippen LogP contribution in [-0.2, 0) is 16.0 Å². The third kappa shape index (κ3) is 5.60. The van der Waals surface area contributed by atoms with Crippen molar-refractivity contribution in [3.63, 3.8) is 0 Å². The molecular formula is C21H21F2N3O3. The normalized spacial score (nSPS) is 11.0. The van der Waals surface area contributed by atoms with Crippen LogP contribution in [-0.4, -0.2) is 35.0 Å². The first-order chi connectivity index (χ1) is 13.9. The van der Waals surface area contributed by atoms with Gasteiger partial charge in [-0.15, -0.1) is 0 Å². The number of aromatic amines is 1. The minimum absolute atomic E-state index is 0.0123. The highest BCUT2D eigenvalue weighted by molar-refractivity contribution is 5.93. The second-order valence-corrected chi connectivity index (χ2v) is 6.63. The number of fused-ring (bicyclic) bond motifs is 1. The van der Waals surface area contributed by atoms with Crippen molar-refractivity contribution in [2.75, 3.05) is 13.2 Å². The summed E-state index contributed by atoms with van der Waals surface area (Å²) in [5.74, 6) is -1.17. The minimum Gasteiger partial charge on any atom is -0.460 e. The highest BCUT2D eigenvalue weighted by atomic mass is 19.3. The first-order valence-electron chi connectivity index (χ1n) is 9.19. The smallest absolute Gasteiger partial charge is 0.338 e. The molecular weight excluding hydrogens is 380 g/mol. The van der Waals surface area contributed by atoms with Gasteiger partial charge in [-0.3, -0.25) is 4.79 Å². The number of aryl methyl sites for hydroxylation is 2. The number of hydrogen-bond acceptors (Lipinski definition) is 4. The van der Waals surface area contributed by atoms with E-state index in [0.29, 0.717) is 23.9 Å². The van der Waals surface area contributed by atoms with E-state index in [2.05, 4.69) is 15.3 Å². The fourth-order valence-electron chi connectivity index (χ4n) is 2.78. The summed E-state index contributed by atoms with van der Waals surface area (Å²) in [6.45, 7) is 2.21. The molecule has 0 atom stereocenters. The summed E-state index contributed by atoms with van der Waals surface area (Å²) in [6, 6.07) is 12.3. The van der Waals surface area contributed by atoms with Crippen molar-refractivity contribution < 1.29 is 23.1 Å². The monoisotopic (exact) mass is 401 g/mol. The van der Waals surface area contributed by atoms with Gasteiger partial charge in [-0.1, -0.05) is 29.8 Å². The van der Waals surface area contributed by atoms with Gasteiger partial charge in [0.25, 0.3) is 6.43 Å². The van der Waals surface area contributed by atoms with Gasteiger partial charge in [0.2, 0.25) is 5.91 Å². The zero-order chi connectivity index (χ0) is 20.8. The van der Waals surface area contributed by atoms with E-state index in [1.807, 2.05) is 31.2 Å². The van der Waals surface area contributed by atoms with Crippen LogP contribution in [0.1, 0.15) is 40.2 Å². The van der Waals surface area contributed by atoms with E-state index >= 15 is 0 Å². The molecule has 3 aromatic rings. The van der Waals surface area contributed by atoms with E-state index in [-0.39, 0.29) is 24.6 Å². The minimum atomic E-state index is -2.72. The number of halogens is 2. The standard InChI is InChI=1S/C21H21F2N3O3/c1-13-2-4-14(5-3-13)6-9-18(27)24-10-11-29-21(28)15-7-8-16-17(12-15)26-20(25-16)19(22)23/h2-5,7-8,12,19H,6,9-11H2,1H3,(H,24,27)(H,25,26). The van der Waals surface area contributed by atoms with Gasteiger partial charge >= 0.3 is 5.97 Å². The number of carbonyl (C=O) groups excluding carboxylic acids is 2. The molecule has 0 bridgehead atoms. The molecule has 3 rings (SSSR count). The van der Waals surface area contributed by atoms with Crippen molar-refractivity contribution in [2.24, 2.45) is 0 Å². The number of H-pyrrole nitrogens is 1. The molecule has 0 unspecified atom stereocenters. The molecule has 152 valence electrons. The second kappa shape index (κ2) is 9.27. The SMILES string of the molecule is Cc1ccc(CCC(=O)NCCOC(=O)c2ccc3nc(C(F)F)[nH]c3c2)cc1. The van der Waals surface area contributed by atoms with E-state index in [1.54, 1.807) is 0 Å². The number of hydrogen-bond donors (Lipinski definition) is 2. The van der Waals surface area contributed by atoms with Crippen LogP contribution in [0.4, 0.5) is 8.78 Å². The van der Waals surface area contributed by atoms with Gasteiger partial charge in [0.1, 0.15) is 6.61 Å². The van der Waals surface area contributed by atoms with Crippen LogP contribution in [0, 0.1) is 6.92 Å². The van der Waals surface area contributed by atoms with E-state index in [9.17, 15) is 18.4 Å². The molecule has 0 saturated carbocycles. The summed E-state index contributed by atoms with van der Waals surface area (Å²) in [5, 5.41) is 2.70. The molecule has 0 aliphatic heterocycles. The molecule has 0 spiro atoms. The van der Waals surface area contributed by atoms with Gasteiger partial charge in [-0.05, 0) is 37.1 Å². The molecule has 0 radical (unpaired) electrons. The van der Waals surface area contributed by atoms with Crippen molar-refractivity contribution in [3.05, 3.63) is 65.0 Å². The Hall–Kier alpha value is -3.29. The van der Waals surface area contributed by atoms with E-state index in [0.717, 1.165) is 5.56 Å². The van der Waals surface area contributed by atoms with Crippen molar-refractivity contribution >= 4 is 22.9 Å². The molecule has 2 N–H and O–H groups in total. The lowest BCUT2D eigenvalue weighted by molar-refractivity contribution is -0.121. The Morgan fingerprint density at radius 1 is 1.17 bits per heavy atom. The number of amides is 1. The molecule has 0 aliphatic rings. The van der Waals surface area contributed by atoms with Crippen molar-refractivity contribution in [1.29, 1.82) is 0 Å². The Morgan fingerprint density at radius 2 is 1.93 bits per heavy atom. The topological polar surface area (TPSA) is 84.1 Å². The molecule has 1 amide bonds. The van der Waals surface area contributed by atoms with Crippen LogP contribution in [0.15, 0.2) is 42.5 Å². The fraction of sp³-hybridized carbons (Fsp3) is 0.286. The number of aromatic nitrogens is 2. The van der Waals surface area contributed by atoms with Crippen LogP contribution in [0.25, 0.3) is 11.0 Å². The average Bonchev–Trinajstić information content (AvgIpc) is 3.14. The number of alkyl halides is 2. The summed E-state index contributed by atoms with van der Waals surface area (Å²) in [7, 11) is 0. The Bertz CT molecular complexity index is 1000. The van der Waals surface area contributed by atoms with Gasteiger partial charge in [-0.25, -0.2) is 18.6 Å². The van der Waals surface area contributed by atoms with Gasteiger partial charge in [0.05, 0.1) is 23.1 Å². The van der Waals surface area contributed by atoms with Crippen LogP contribution < -0.4 is 5.32 Å². The van der Waals surface area contributed by atoms with E-state index in [4.69, 9.17) is 4.74 Å². The molecule has 2 aromatic carbocycles. The van der Waals surface area contributed by atoms with Crippen LogP contribution in [0.3, 0.4) is 0 Å². The number of imidazole rings is 1. The average molecular weight is 401 g/mol. The first-order valence-corrected chi connectivity index (χ1v) is 9.19. The maximum atomic E-state index is 12.7. The lowest BCUT2D eigenvalue weighted by Gasteiger charge is -2.07. The maximum Gasteiger partial charge on any atom is 0.338 e. The lowest BCUT2D eigenvalue weighted by Crippen LogP contribution is -2.28. The van der Waals surface area contributed by atoms with Crippen LogP contribution in [0.5, 0.6) is 0 Å². The Balaban J connectivity index is 1.41. The van der Waals surface area contributed by atoms with Crippen molar-refractivity contribution in [1.82, 2.24) is 15.3 Å². The summed E-state index contributed by atoms with van der Waals surface area (Å²) in [5.41, 5.74) is 3.15. The Labute approximate surface area is 166 Å². The first kappa shape index (κ1) is 20.4. The second-order valence-electron chi connectivity index (χ2n) is 6.63. The third-order valence-electron chi connectivity index (χ3n) is 4.36. The van der Waals surface area contributed by atoms with Crippen molar-refractivity contribution in [2.45, 2.75) is 26.2 Å². The molecule has 0 aliphatic carbocycles. The van der Waals surface area contributed by atoms with E-state index in [1.165, 1.54) is 23.8 Å². The predicted molar refractivity (Wildman–Crippen MR) is 104 cm³/mol. The quantitative estimate of drug-likeness (QED) is 0.445. The number of benzene rings is 2. The van der Waals surface area contributed by atoms with Gasteiger partial charge in [0, 0.05) is 6.42 Å². The zero-order valence-electron chi connectivity index (χ0n) is 15.9.